The Hall–Kier alpha value is -0.380. The maximum atomic E-state index is 2.34. The van der Waals surface area contributed by atoms with Crippen LogP contribution in [-0.2, 0) is 0 Å². The molecule has 0 bridgehead atoms. The van der Waals surface area contributed by atoms with Gasteiger partial charge in [0.25, 0.3) is 0 Å². The Kier molecular flexibility index (Phi) is 3.35. The van der Waals surface area contributed by atoms with Crippen molar-refractivity contribution in [2.24, 2.45) is 0 Å². The molecule has 0 amide bonds. The van der Waals surface area contributed by atoms with E-state index in [9.17, 15) is 0 Å². The number of hydrogen-bond donors (Lipinski definition) is 0. The van der Waals surface area contributed by atoms with Gasteiger partial charge in [-0.1, -0.05) is 11.6 Å². The molecule has 1 aromatic carbocycles. The first kappa shape index (κ1) is 11.7. The van der Waals surface area contributed by atoms with E-state index in [-0.39, 0.29) is 24.0 Å². The fourth-order valence-corrected chi connectivity index (χ4v) is 2.00. The predicted molar refractivity (Wildman–Crippen MR) is 56.1 cm³/mol. The molecule has 0 spiro atoms. The predicted octanol–water partition coefficient (Wildman–Crippen LogP) is -2.31. The summed E-state index contributed by atoms with van der Waals surface area (Å²) in [7, 11) is 2.16. The van der Waals surface area contributed by atoms with Crippen molar-refractivity contribution in [1.29, 1.82) is 0 Å². The molecule has 0 saturated heterocycles. The second-order valence-electron chi connectivity index (χ2n) is 3.99. The van der Waals surface area contributed by atoms with Gasteiger partial charge in [-0.05, 0) is 19.9 Å². The Labute approximate surface area is 102 Å². The summed E-state index contributed by atoms with van der Waals surface area (Å²) in [5.41, 5.74) is 2.84. The normalized spacial score (nSPS) is 19.3. The third-order valence-corrected chi connectivity index (χ3v) is 3.16. The molecule has 1 unspecified atom stereocenters. The molecule has 1 aromatic rings. The Bertz CT molecular complexity index is 474. The van der Waals surface area contributed by atoms with Gasteiger partial charge in [0.15, 0.2) is 6.04 Å². The van der Waals surface area contributed by atoms with Gasteiger partial charge in [-0.2, -0.15) is 0 Å². The number of fused-ring (bicyclic) bond motifs is 1. The topological polar surface area (TPSA) is 3.01 Å². The Morgan fingerprint density at radius 1 is 1.21 bits per heavy atom. The molecule has 0 N–H and O–H groups in total. The summed E-state index contributed by atoms with van der Waals surface area (Å²) in [6.07, 6.45) is 0. The van der Waals surface area contributed by atoms with Gasteiger partial charge in [-0.3, -0.25) is 0 Å². The van der Waals surface area contributed by atoms with Crippen molar-refractivity contribution in [2.75, 3.05) is 7.05 Å². The third-order valence-electron chi connectivity index (χ3n) is 3.16. The number of benzene rings is 1. The number of rotatable bonds is 0. The zero-order valence-electron chi connectivity index (χ0n) is 9.13. The van der Waals surface area contributed by atoms with Crippen LogP contribution >= 0.6 is 0 Å². The van der Waals surface area contributed by atoms with Crippen molar-refractivity contribution in [3.05, 3.63) is 34.3 Å². The molecule has 1 heterocycles. The zero-order chi connectivity index (χ0) is 9.59. The van der Waals surface area contributed by atoms with Gasteiger partial charge < -0.3 is 24.0 Å². The molecule has 1 aliphatic rings. The largest absolute Gasteiger partial charge is 1.00 e. The summed E-state index contributed by atoms with van der Waals surface area (Å²) < 4.78 is 2.34. The van der Waals surface area contributed by atoms with Crippen LogP contribution in [0.25, 0.3) is 5.57 Å². The van der Waals surface area contributed by atoms with E-state index in [0.717, 1.165) is 0 Å². The summed E-state index contributed by atoms with van der Waals surface area (Å²) in [4.78, 5) is 0. The standard InChI is InChI=1S/C12H16N.HI/c1-8-5-6-12-11(7-8)9(2)10(3)13(12)4;/h5-7,10H,1-4H3;1H/q+1;/p-1. The molecule has 1 aliphatic heterocycles. The Balaban J connectivity index is 0.000000980. The first-order valence-corrected chi connectivity index (χ1v) is 4.78. The smallest absolute Gasteiger partial charge is 0.207 e. The van der Waals surface area contributed by atoms with Crippen LogP contribution in [0.2, 0.25) is 0 Å². The Morgan fingerprint density at radius 3 is 2.50 bits per heavy atom. The summed E-state index contributed by atoms with van der Waals surface area (Å²) in [5, 5.41) is 2.80. The van der Waals surface area contributed by atoms with Gasteiger partial charge in [0.05, 0.1) is 5.22 Å². The van der Waals surface area contributed by atoms with Crippen molar-refractivity contribution < 1.29 is 24.0 Å². The van der Waals surface area contributed by atoms with Crippen LogP contribution < -0.4 is 39.1 Å². The van der Waals surface area contributed by atoms with Gasteiger partial charge in [-0.15, -0.1) is 0 Å². The van der Waals surface area contributed by atoms with E-state index in [2.05, 4.69) is 50.6 Å². The third kappa shape index (κ3) is 1.60. The molecule has 0 aliphatic carbocycles. The highest BCUT2D eigenvalue weighted by molar-refractivity contribution is 5.50. The molecule has 76 valence electrons. The van der Waals surface area contributed by atoms with Crippen LogP contribution in [0.4, 0.5) is 0 Å². The first-order chi connectivity index (χ1) is 6.11. The quantitative estimate of drug-likeness (QED) is 0.374. The maximum Gasteiger partial charge on any atom is 0.207 e. The molecule has 0 fully saturated rings. The monoisotopic (exact) mass is 301 g/mol. The van der Waals surface area contributed by atoms with E-state index in [0.29, 0.717) is 6.04 Å². The molecule has 2 heteroatoms. The highest BCUT2D eigenvalue weighted by atomic mass is 127. The van der Waals surface area contributed by atoms with Crippen molar-refractivity contribution in [1.82, 2.24) is 4.58 Å². The molecule has 0 radical (unpaired) electrons. The minimum atomic E-state index is 0. The van der Waals surface area contributed by atoms with Crippen LogP contribution in [0.3, 0.4) is 0 Å². The van der Waals surface area contributed by atoms with Crippen LogP contribution in [0.5, 0.6) is 0 Å². The average Bonchev–Trinajstić information content (AvgIpc) is 2.32. The van der Waals surface area contributed by atoms with Gasteiger partial charge in [0.2, 0.25) is 5.36 Å². The van der Waals surface area contributed by atoms with E-state index in [4.69, 9.17) is 0 Å². The molecule has 1 atom stereocenters. The van der Waals surface area contributed by atoms with Gasteiger partial charge in [0, 0.05) is 18.6 Å². The van der Waals surface area contributed by atoms with Crippen molar-refractivity contribution >= 4 is 5.57 Å². The molecular formula is C12H16IN. The van der Waals surface area contributed by atoms with Gasteiger partial charge in [0.1, 0.15) is 7.05 Å². The number of halogens is 1. The molecule has 1 nitrogen and oxygen atoms in total. The van der Waals surface area contributed by atoms with Gasteiger partial charge in [-0.25, -0.2) is 4.58 Å². The summed E-state index contributed by atoms with van der Waals surface area (Å²) >= 11 is 0. The average molecular weight is 301 g/mol. The summed E-state index contributed by atoms with van der Waals surface area (Å²) in [6, 6.07) is 7.24. The second kappa shape index (κ2) is 4.01. The number of nitrogens with zero attached hydrogens (tertiary/aromatic N) is 1. The highest BCUT2D eigenvalue weighted by Gasteiger charge is 2.21. The number of hydrogen-bond acceptors (Lipinski definition) is 0. The van der Waals surface area contributed by atoms with E-state index >= 15 is 0 Å². The summed E-state index contributed by atoms with van der Waals surface area (Å²) in [6.45, 7) is 6.63. The molecule has 0 aromatic heterocycles. The van der Waals surface area contributed by atoms with Gasteiger partial charge >= 0.3 is 0 Å². The first-order valence-electron chi connectivity index (χ1n) is 4.78. The lowest BCUT2D eigenvalue weighted by molar-refractivity contribution is -0.00000290. The highest BCUT2D eigenvalue weighted by Crippen LogP contribution is 2.04. The van der Waals surface area contributed by atoms with E-state index in [1.807, 2.05) is 0 Å². The molecule has 2 rings (SSSR count). The maximum absolute atomic E-state index is 2.34. The minimum Gasteiger partial charge on any atom is -1.00 e. The SMILES string of the molecule is CC1=c2cc(C)ccc2=[N+](C)C1C.[I-]. The fourth-order valence-electron chi connectivity index (χ4n) is 2.00. The second-order valence-corrected chi connectivity index (χ2v) is 3.99. The minimum absolute atomic E-state index is 0. The summed E-state index contributed by atoms with van der Waals surface area (Å²) in [5.74, 6) is 0. The lowest BCUT2D eigenvalue weighted by atomic mass is 10.1. The lowest BCUT2D eigenvalue weighted by Crippen LogP contribution is -3.00. The van der Waals surface area contributed by atoms with Crippen LogP contribution in [0, 0.1) is 6.92 Å². The van der Waals surface area contributed by atoms with Crippen LogP contribution in [-0.4, -0.2) is 13.1 Å². The fraction of sp³-hybridized carbons (Fsp3) is 0.417. The van der Waals surface area contributed by atoms with E-state index in [1.165, 1.54) is 21.7 Å². The van der Waals surface area contributed by atoms with E-state index in [1.54, 1.807) is 0 Å². The van der Waals surface area contributed by atoms with Crippen molar-refractivity contribution in [3.8, 4) is 0 Å². The lowest BCUT2D eigenvalue weighted by Gasteiger charge is -2.00. The van der Waals surface area contributed by atoms with Crippen LogP contribution in [0.15, 0.2) is 18.2 Å². The Morgan fingerprint density at radius 2 is 1.86 bits per heavy atom. The molecule has 14 heavy (non-hydrogen) atoms. The van der Waals surface area contributed by atoms with E-state index < -0.39 is 0 Å². The molecular weight excluding hydrogens is 285 g/mol. The molecule has 0 saturated carbocycles. The number of aryl methyl sites for hydroxylation is 1. The zero-order valence-corrected chi connectivity index (χ0v) is 11.3. The van der Waals surface area contributed by atoms with Crippen LogP contribution in [0.1, 0.15) is 19.4 Å². The van der Waals surface area contributed by atoms with Crippen molar-refractivity contribution in [3.63, 3.8) is 0 Å². The van der Waals surface area contributed by atoms with Crippen molar-refractivity contribution in [2.45, 2.75) is 26.8 Å².